The van der Waals surface area contributed by atoms with Crippen LogP contribution in [0.2, 0.25) is 0 Å². The van der Waals surface area contributed by atoms with Crippen LogP contribution in [0.3, 0.4) is 0 Å². The van der Waals surface area contributed by atoms with Crippen molar-refractivity contribution in [3.8, 4) is 11.8 Å². The van der Waals surface area contributed by atoms with Crippen molar-refractivity contribution in [3.63, 3.8) is 0 Å². The molecule has 25 heavy (non-hydrogen) atoms. The predicted octanol–water partition coefficient (Wildman–Crippen LogP) is 4.70. The van der Waals surface area contributed by atoms with E-state index in [9.17, 15) is 18.0 Å². The summed E-state index contributed by atoms with van der Waals surface area (Å²) in [5.41, 5.74) is 0.958. The molecule has 3 nitrogen and oxygen atoms in total. The van der Waals surface area contributed by atoms with Gasteiger partial charge in [-0.3, -0.25) is 4.79 Å². The summed E-state index contributed by atoms with van der Waals surface area (Å²) in [4.78, 5) is 11.9. The molecule has 0 bridgehead atoms. The summed E-state index contributed by atoms with van der Waals surface area (Å²) >= 11 is 0.842. The maximum absolute atomic E-state index is 13.0. The van der Waals surface area contributed by atoms with Crippen LogP contribution >= 0.6 is 11.8 Å². The molecule has 0 saturated heterocycles. The van der Waals surface area contributed by atoms with E-state index in [4.69, 9.17) is 0 Å². The number of benzene rings is 1. The number of ether oxygens (including phenoxy) is 1. The molecule has 0 aromatic heterocycles. The van der Waals surface area contributed by atoms with Crippen LogP contribution in [0.4, 0.5) is 18.9 Å². The van der Waals surface area contributed by atoms with Crippen LogP contribution in [0.1, 0.15) is 31.7 Å². The second kappa shape index (κ2) is 8.86. The molecule has 1 aliphatic heterocycles. The van der Waals surface area contributed by atoms with Gasteiger partial charge in [0.2, 0.25) is 5.76 Å². The minimum absolute atomic E-state index is 0.0736. The Morgan fingerprint density at radius 2 is 2.12 bits per heavy atom. The van der Waals surface area contributed by atoms with E-state index >= 15 is 0 Å². The van der Waals surface area contributed by atoms with Crippen LogP contribution in [0, 0.1) is 11.8 Å². The van der Waals surface area contributed by atoms with Crippen LogP contribution < -0.4 is 5.32 Å². The Balaban J connectivity index is 2.22. The van der Waals surface area contributed by atoms with Gasteiger partial charge < -0.3 is 10.1 Å². The number of amides is 1. The summed E-state index contributed by atoms with van der Waals surface area (Å²) in [5, 5.41) is 2.52. The van der Waals surface area contributed by atoms with Crippen LogP contribution in [-0.2, 0) is 9.53 Å². The molecule has 1 aromatic carbocycles. The lowest BCUT2D eigenvalue weighted by atomic mass is 10.1. The van der Waals surface area contributed by atoms with Crippen LogP contribution in [0.15, 0.2) is 34.9 Å². The summed E-state index contributed by atoms with van der Waals surface area (Å²) in [6.45, 7) is 1.99. The van der Waals surface area contributed by atoms with Gasteiger partial charge in [-0.2, -0.15) is 13.2 Å². The van der Waals surface area contributed by atoms with Crippen molar-refractivity contribution in [2.45, 2.75) is 32.4 Å². The van der Waals surface area contributed by atoms with Gasteiger partial charge in [0.05, 0.1) is 12.3 Å². The summed E-state index contributed by atoms with van der Waals surface area (Å²) in [5.74, 6) is 4.19. The molecule has 134 valence electrons. The van der Waals surface area contributed by atoms with Gasteiger partial charge in [0.1, 0.15) is 4.91 Å². The average Bonchev–Trinajstić information content (AvgIpc) is 2.59. The van der Waals surface area contributed by atoms with Crippen molar-refractivity contribution in [1.29, 1.82) is 0 Å². The maximum atomic E-state index is 13.0. The minimum atomic E-state index is -4.69. The maximum Gasteiger partial charge on any atom is 0.450 e. The second-order valence-corrected chi connectivity index (χ2v) is 6.36. The van der Waals surface area contributed by atoms with Gasteiger partial charge in [0.15, 0.2) is 0 Å². The van der Waals surface area contributed by atoms with Crippen molar-refractivity contribution in [2.75, 3.05) is 17.7 Å². The number of anilines is 1. The molecule has 0 spiro atoms. The van der Waals surface area contributed by atoms with Crippen LogP contribution in [-0.4, -0.2) is 24.4 Å². The van der Waals surface area contributed by atoms with Crippen molar-refractivity contribution in [3.05, 3.63) is 40.5 Å². The van der Waals surface area contributed by atoms with Crippen molar-refractivity contribution >= 4 is 23.4 Å². The Labute approximate surface area is 149 Å². The number of hydrogen-bond donors (Lipinski definition) is 1. The lowest BCUT2D eigenvalue weighted by Crippen LogP contribution is -2.26. The highest BCUT2D eigenvalue weighted by Gasteiger charge is 2.42. The molecule has 7 heteroatoms. The number of thioether (sulfide) groups is 1. The third-order valence-corrected chi connectivity index (χ3v) is 4.33. The SMILES string of the molecule is CCCCC#Cc1ccccc1NC(=O)C1=C(C(F)(F)F)OCCS1. The van der Waals surface area contributed by atoms with E-state index in [-0.39, 0.29) is 6.61 Å². The lowest BCUT2D eigenvalue weighted by molar-refractivity contribution is -0.133. The fourth-order valence-corrected chi connectivity index (χ4v) is 2.96. The molecule has 0 radical (unpaired) electrons. The van der Waals surface area contributed by atoms with Gasteiger partial charge in [-0.25, -0.2) is 0 Å². The number of hydrogen-bond acceptors (Lipinski definition) is 3. The van der Waals surface area contributed by atoms with E-state index in [0.717, 1.165) is 31.0 Å². The molecule has 0 aliphatic carbocycles. The largest absolute Gasteiger partial charge is 0.487 e. The first kappa shape index (κ1) is 19.3. The summed E-state index contributed by atoms with van der Waals surface area (Å²) in [7, 11) is 0. The van der Waals surface area contributed by atoms with E-state index in [0.29, 0.717) is 17.0 Å². The minimum Gasteiger partial charge on any atom is -0.487 e. The Kier molecular flexibility index (Phi) is 6.82. The number of unbranched alkanes of at least 4 members (excludes halogenated alkanes) is 2. The molecule has 1 heterocycles. The van der Waals surface area contributed by atoms with E-state index in [2.05, 4.69) is 28.8 Å². The number of rotatable bonds is 4. The summed E-state index contributed by atoms with van der Waals surface area (Å²) in [6.07, 6.45) is -1.97. The molecule has 2 rings (SSSR count). The van der Waals surface area contributed by atoms with Crippen molar-refractivity contribution in [1.82, 2.24) is 0 Å². The molecule has 1 amide bonds. The Bertz CT molecular complexity index is 717. The second-order valence-electron chi connectivity index (χ2n) is 5.26. The molecule has 0 unspecified atom stereocenters. The van der Waals surface area contributed by atoms with E-state index in [1.807, 2.05) is 0 Å². The predicted molar refractivity (Wildman–Crippen MR) is 93.0 cm³/mol. The Morgan fingerprint density at radius 3 is 2.84 bits per heavy atom. The monoisotopic (exact) mass is 369 g/mol. The van der Waals surface area contributed by atoms with Gasteiger partial charge in [-0.15, -0.1) is 11.8 Å². The summed E-state index contributed by atoms with van der Waals surface area (Å²) < 4.78 is 43.7. The number of carbonyl (C=O) groups excluding carboxylic acids is 1. The van der Waals surface area contributed by atoms with Gasteiger partial charge in [0.25, 0.3) is 5.91 Å². The van der Waals surface area contributed by atoms with Crippen LogP contribution in [0.5, 0.6) is 0 Å². The highest BCUT2D eigenvalue weighted by molar-refractivity contribution is 8.04. The molecule has 0 fully saturated rings. The van der Waals surface area contributed by atoms with Crippen LogP contribution in [0.25, 0.3) is 0 Å². The number of carbonyl (C=O) groups is 1. The zero-order valence-corrected chi connectivity index (χ0v) is 14.5. The third-order valence-electron chi connectivity index (χ3n) is 3.30. The molecule has 0 saturated carbocycles. The molecule has 1 aromatic rings. The first-order valence-electron chi connectivity index (χ1n) is 7.89. The van der Waals surface area contributed by atoms with Gasteiger partial charge in [-0.1, -0.05) is 37.3 Å². The highest BCUT2D eigenvalue weighted by atomic mass is 32.2. The zero-order chi connectivity index (χ0) is 18.3. The topological polar surface area (TPSA) is 38.3 Å². The van der Waals surface area contributed by atoms with Crippen molar-refractivity contribution < 1.29 is 22.7 Å². The Hall–Kier alpha value is -2.07. The number of halogens is 3. The zero-order valence-electron chi connectivity index (χ0n) is 13.7. The summed E-state index contributed by atoms with van der Waals surface area (Å²) in [6, 6.07) is 6.79. The molecule has 0 atom stereocenters. The number of alkyl halides is 3. The fourth-order valence-electron chi connectivity index (χ4n) is 2.10. The number of allylic oxidation sites excluding steroid dienone is 1. The third kappa shape index (κ3) is 5.46. The van der Waals surface area contributed by atoms with Gasteiger partial charge in [0, 0.05) is 17.7 Å². The smallest absolute Gasteiger partial charge is 0.450 e. The highest BCUT2D eigenvalue weighted by Crippen LogP contribution is 2.37. The van der Waals surface area contributed by atoms with Gasteiger partial charge in [-0.05, 0) is 18.6 Å². The van der Waals surface area contributed by atoms with E-state index in [1.54, 1.807) is 24.3 Å². The van der Waals surface area contributed by atoms with E-state index < -0.39 is 22.7 Å². The standard InChI is InChI=1S/C18H18F3NO2S/c1-2-3-4-5-8-13-9-6-7-10-14(13)22-17(23)15-16(18(19,20)21)24-11-12-25-15/h6-7,9-10H,2-4,11-12H2,1H3,(H,22,23). The molecule has 1 N–H and O–H groups in total. The molecule has 1 aliphatic rings. The first-order valence-corrected chi connectivity index (χ1v) is 8.88. The normalized spacial score (nSPS) is 14.4. The Morgan fingerprint density at radius 1 is 1.36 bits per heavy atom. The molecular formula is C18H18F3NO2S. The lowest BCUT2D eigenvalue weighted by Gasteiger charge is -2.22. The number of nitrogens with one attached hydrogen (secondary N) is 1. The quantitative estimate of drug-likeness (QED) is 0.617. The average molecular weight is 369 g/mol. The van der Waals surface area contributed by atoms with E-state index in [1.165, 1.54) is 0 Å². The number of para-hydroxylation sites is 1. The van der Waals surface area contributed by atoms with Crippen molar-refractivity contribution in [2.24, 2.45) is 0 Å². The fraction of sp³-hybridized carbons (Fsp3) is 0.389. The molecular weight excluding hydrogens is 351 g/mol. The first-order chi connectivity index (χ1) is 11.9. The van der Waals surface area contributed by atoms with Gasteiger partial charge >= 0.3 is 6.18 Å².